The Bertz CT molecular complexity index is 1140. The molecule has 1 aromatic carbocycles. The molecule has 12 heteroatoms. The number of fused-ring (bicyclic) bond motifs is 2. The summed E-state index contributed by atoms with van der Waals surface area (Å²) in [4.78, 5) is 4.40. The van der Waals surface area contributed by atoms with Gasteiger partial charge >= 0.3 is 6.18 Å². The number of morpholine rings is 1. The lowest BCUT2D eigenvalue weighted by Gasteiger charge is -2.44. The van der Waals surface area contributed by atoms with Gasteiger partial charge in [0.1, 0.15) is 4.21 Å². The van der Waals surface area contributed by atoms with E-state index in [0.29, 0.717) is 35.6 Å². The number of hydrogen-bond donors (Lipinski definition) is 1. The smallest absolute Gasteiger partial charge is 0.376 e. The zero-order valence-electron chi connectivity index (χ0n) is 19.2. The summed E-state index contributed by atoms with van der Waals surface area (Å²) >= 11 is 1.18. The van der Waals surface area contributed by atoms with Crippen LogP contribution in [0.1, 0.15) is 18.9 Å². The highest BCUT2D eigenvalue weighted by atomic mass is 32.2. The number of benzene rings is 1. The van der Waals surface area contributed by atoms with Crippen molar-refractivity contribution in [2.75, 3.05) is 44.2 Å². The highest BCUT2D eigenvalue weighted by molar-refractivity contribution is 7.91. The van der Waals surface area contributed by atoms with Gasteiger partial charge in [-0.1, -0.05) is 18.2 Å². The molecular weight excluding hydrogens is 503 g/mol. The van der Waals surface area contributed by atoms with Gasteiger partial charge in [0.05, 0.1) is 18.8 Å². The number of halogens is 3. The highest BCUT2D eigenvalue weighted by Crippen LogP contribution is 2.39. The number of nitrogens with zero attached hydrogens (tertiary/aromatic N) is 3. The van der Waals surface area contributed by atoms with Crippen LogP contribution in [0.5, 0.6) is 0 Å². The maximum Gasteiger partial charge on any atom is 0.421 e. The van der Waals surface area contributed by atoms with Crippen LogP contribution < -0.4 is 4.90 Å². The molecule has 0 spiro atoms. The van der Waals surface area contributed by atoms with Gasteiger partial charge < -0.3 is 14.7 Å². The molecule has 3 aliphatic heterocycles. The summed E-state index contributed by atoms with van der Waals surface area (Å²) in [6, 6.07) is 9.16. The highest BCUT2D eigenvalue weighted by Gasteiger charge is 2.51. The average molecular weight is 532 g/mol. The Morgan fingerprint density at radius 1 is 1.14 bits per heavy atom. The summed E-state index contributed by atoms with van der Waals surface area (Å²) in [7, 11) is -3.62. The van der Waals surface area contributed by atoms with Gasteiger partial charge in [-0.15, -0.1) is 11.3 Å². The number of sulfonamides is 1. The fourth-order valence-corrected chi connectivity index (χ4v) is 7.81. The van der Waals surface area contributed by atoms with Crippen molar-refractivity contribution in [2.24, 2.45) is 0 Å². The van der Waals surface area contributed by atoms with Crippen molar-refractivity contribution in [3.8, 4) is 0 Å². The number of hydrogen-bond acceptors (Lipinski definition) is 7. The minimum absolute atomic E-state index is 0.188. The van der Waals surface area contributed by atoms with E-state index < -0.39 is 21.8 Å². The Morgan fingerprint density at radius 2 is 1.89 bits per heavy atom. The number of ether oxygens (including phenoxy) is 1. The van der Waals surface area contributed by atoms with Crippen LogP contribution >= 0.6 is 11.3 Å². The van der Waals surface area contributed by atoms with Crippen LogP contribution in [0.3, 0.4) is 0 Å². The lowest BCUT2D eigenvalue weighted by Crippen LogP contribution is -2.59. The number of piperazine rings is 1. The Morgan fingerprint density at radius 3 is 2.46 bits per heavy atom. The van der Waals surface area contributed by atoms with E-state index in [4.69, 9.17) is 4.74 Å². The van der Waals surface area contributed by atoms with Gasteiger partial charge in [-0.05, 0) is 42.5 Å². The normalized spacial score (nSPS) is 27.9. The molecule has 3 aliphatic rings. The molecule has 192 valence electrons. The number of likely N-dealkylation sites (tertiary alicyclic amines) is 1. The molecule has 1 unspecified atom stereocenters. The molecule has 1 N–H and O–H groups in total. The zero-order chi connectivity index (χ0) is 25.0. The fourth-order valence-electron chi connectivity index (χ4n) is 5.19. The van der Waals surface area contributed by atoms with Crippen molar-refractivity contribution in [3.63, 3.8) is 0 Å². The lowest BCUT2D eigenvalue weighted by atomic mass is 9.95. The Labute approximate surface area is 206 Å². The number of anilines is 1. The minimum atomic E-state index is -4.80. The first-order valence-electron chi connectivity index (χ1n) is 11.5. The molecule has 5 rings (SSSR count). The third-order valence-corrected chi connectivity index (χ3v) is 10.5. The fraction of sp³-hybridized carbons (Fsp3) is 0.565. The Hall–Kier alpha value is -1.70. The first-order chi connectivity index (χ1) is 16.5. The maximum absolute atomic E-state index is 13.3. The van der Waals surface area contributed by atoms with E-state index in [9.17, 15) is 26.7 Å². The van der Waals surface area contributed by atoms with Gasteiger partial charge in [-0.25, -0.2) is 8.42 Å². The molecule has 0 aliphatic carbocycles. The third-order valence-electron chi connectivity index (χ3n) is 7.31. The summed E-state index contributed by atoms with van der Waals surface area (Å²) in [5.41, 5.74) is -2.49. The van der Waals surface area contributed by atoms with Crippen LogP contribution in [0.25, 0.3) is 0 Å². The second kappa shape index (κ2) is 9.00. The average Bonchev–Trinajstić information content (AvgIpc) is 3.57. The molecule has 2 bridgehead atoms. The Kier molecular flexibility index (Phi) is 6.42. The summed E-state index contributed by atoms with van der Waals surface area (Å²) in [6.07, 6.45) is -3.63. The molecule has 2 aromatic rings. The quantitative estimate of drug-likeness (QED) is 0.618. The minimum Gasteiger partial charge on any atom is -0.376 e. The summed E-state index contributed by atoms with van der Waals surface area (Å²) in [5.74, 6) is 0. The molecule has 3 fully saturated rings. The monoisotopic (exact) mass is 531 g/mol. The van der Waals surface area contributed by atoms with Gasteiger partial charge in [0.25, 0.3) is 10.0 Å². The Balaban J connectivity index is 1.40. The predicted octanol–water partition coefficient (Wildman–Crippen LogP) is 2.87. The van der Waals surface area contributed by atoms with Crippen LogP contribution in [0.2, 0.25) is 0 Å². The van der Waals surface area contributed by atoms with Crippen LogP contribution in [-0.4, -0.2) is 86.4 Å². The first kappa shape index (κ1) is 25.0. The van der Waals surface area contributed by atoms with Crippen molar-refractivity contribution in [1.29, 1.82) is 0 Å². The molecule has 0 saturated carbocycles. The molecule has 1 aromatic heterocycles. The predicted molar refractivity (Wildman–Crippen MR) is 126 cm³/mol. The summed E-state index contributed by atoms with van der Waals surface area (Å²) in [5, 5.41) is 11.7. The van der Waals surface area contributed by atoms with Crippen LogP contribution in [0, 0.1) is 0 Å². The van der Waals surface area contributed by atoms with Crippen LogP contribution in [0.15, 0.2) is 46.0 Å². The molecule has 7 nitrogen and oxygen atoms in total. The van der Waals surface area contributed by atoms with Gasteiger partial charge in [-0.3, -0.25) is 4.90 Å². The number of rotatable bonds is 6. The molecule has 4 heterocycles. The molecular formula is C23H28F3N3O4S2. The van der Waals surface area contributed by atoms with Crippen LogP contribution in [0.4, 0.5) is 18.9 Å². The van der Waals surface area contributed by atoms with E-state index in [-0.39, 0.29) is 30.8 Å². The van der Waals surface area contributed by atoms with Crippen molar-refractivity contribution >= 4 is 27.0 Å². The second-order valence-electron chi connectivity index (χ2n) is 9.56. The summed E-state index contributed by atoms with van der Waals surface area (Å²) in [6.45, 7) is 3.77. The van der Waals surface area contributed by atoms with Crippen molar-refractivity contribution < 1.29 is 31.4 Å². The largest absolute Gasteiger partial charge is 0.421 e. The molecule has 35 heavy (non-hydrogen) atoms. The van der Waals surface area contributed by atoms with Gasteiger partial charge in [0.2, 0.25) is 0 Å². The molecule has 3 saturated heterocycles. The van der Waals surface area contributed by atoms with Gasteiger partial charge in [-0.2, -0.15) is 17.5 Å². The number of alkyl halides is 3. The van der Waals surface area contributed by atoms with E-state index in [1.54, 1.807) is 29.6 Å². The molecule has 4 atom stereocenters. The SMILES string of the molecule is C[C@@](O)(c1ccc(N2CCN(S(=O)(=O)c3cccs3)C[C@@H]2CN2CC3C[C@@H]2CO3)cc1)C(F)(F)F. The summed E-state index contributed by atoms with van der Waals surface area (Å²) < 4.78 is 73.7. The maximum atomic E-state index is 13.3. The topological polar surface area (TPSA) is 73.3 Å². The number of aliphatic hydroxyl groups is 1. The van der Waals surface area contributed by atoms with E-state index in [2.05, 4.69) is 9.80 Å². The van der Waals surface area contributed by atoms with E-state index in [1.165, 1.54) is 27.8 Å². The van der Waals surface area contributed by atoms with E-state index in [0.717, 1.165) is 19.9 Å². The van der Waals surface area contributed by atoms with Crippen molar-refractivity contribution in [3.05, 3.63) is 47.3 Å². The van der Waals surface area contributed by atoms with Gasteiger partial charge in [0, 0.05) is 44.5 Å². The zero-order valence-corrected chi connectivity index (χ0v) is 20.8. The molecule has 0 amide bonds. The first-order valence-corrected chi connectivity index (χ1v) is 13.8. The second-order valence-corrected chi connectivity index (χ2v) is 12.7. The van der Waals surface area contributed by atoms with Gasteiger partial charge in [0.15, 0.2) is 5.60 Å². The third kappa shape index (κ3) is 4.60. The van der Waals surface area contributed by atoms with E-state index in [1.807, 2.05) is 0 Å². The van der Waals surface area contributed by atoms with Crippen LogP contribution in [-0.2, 0) is 20.4 Å². The molecule has 0 radical (unpaired) electrons. The van der Waals surface area contributed by atoms with Crippen molar-refractivity contribution in [1.82, 2.24) is 9.21 Å². The lowest BCUT2D eigenvalue weighted by molar-refractivity contribution is -0.258. The standard InChI is InChI=1S/C23H28F3N3O4S2/c1-22(30,23(24,25)26)16-4-6-17(7-5-16)29-9-8-28(35(31,32)21-3-2-10-34-21)13-19(29)12-27-14-20-11-18(27)15-33-20/h2-7,10,18-20,30H,8-9,11-15H2,1H3/t18-,19+,20?,22-/m1/s1. The number of thiophene rings is 1. The van der Waals surface area contributed by atoms with E-state index >= 15 is 0 Å². The van der Waals surface area contributed by atoms with Crippen molar-refractivity contribution in [2.45, 2.75) is 47.5 Å².